The van der Waals surface area contributed by atoms with Crippen LogP contribution >= 0.6 is 0 Å². The van der Waals surface area contributed by atoms with Gasteiger partial charge in [0.25, 0.3) is 11.8 Å². The molecule has 1 aromatic rings. The molecule has 1 saturated heterocycles. The zero-order valence-electron chi connectivity index (χ0n) is 11.5. The number of urea groups is 1. The van der Waals surface area contributed by atoms with E-state index in [4.69, 9.17) is 9.84 Å². The van der Waals surface area contributed by atoms with Gasteiger partial charge in [-0.3, -0.25) is 19.8 Å². The number of rotatable bonds is 4. The molecule has 1 aliphatic rings. The molecular weight excluding hydrogens is 292 g/mol. The van der Waals surface area contributed by atoms with Gasteiger partial charge in [0.05, 0.1) is 0 Å². The first-order chi connectivity index (χ1) is 10.4. The van der Waals surface area contributed by atoms with Crippen molar-refractivity contribution < 1.29 is 29.0 Å². The molecule has 2 rings (SSSR count). The van der Waals surface area contributed by atoms with Gasteiger partial charge in [-0.15, -0.1) is 0 Å². The number of carboxylic acids is 1. The summed E-state index contributed by atoms with van der Waals surface area (Å²) in [6, 6.07) is 5.52. The highest BCUT2D eigenvalue weighted by Crippen LogP contribution is 2.22. The Hall–Kier alpha value is -3.16. The van der Waals surface area contributed by atoms with Crippen molar-refractivity contribution in [3.05, 3.63) is 35.4 Å². The van der Waals surface area contributed by atoms with Gasteiger partial charge in [0.2, 0.25) is 0 Å². The quantitative estimate of drug-likeness (QED) is 0.608. The lowest BCUT2D eigenvalue weighted by molar-refractivity contribution is -0.139. The molecule has 0 aromatic heterocycles. The van der Waals surface area contributed by atoms with E-state index in [1.807, 2.05) is 5.32 Å². The van der Waals surface area contributed by atoms with Gasteiger partial charge in [0.1, 0.15) is 11.3 Å². The van der Waals surface area contributed by atoms with Crippen molar-refractivity contribution in [3.63, 3.8) is 0 Å². The number of amides is 4. The van der Waals surface area contributed by atoms with Crippen LogP contribution in [-0.4, -0.2) is 47.5 Å². The molecule has 1 aliphatic heterocycles. The van der Waals surface area contributed by atoms with Crippen LogP contribution in [0.1, 0.15) is 5.56 Å². The lowest BCUT2D eigenvalue weighted by atomic mass is 10.1. The summed E-state index contributed by atoms with van der Waals surface area (Å²) in [5, 5.41) is 10.7. The van der Waals surface area contributed by atoms with Crippen LogP contribution in [-0.2, 0) is 14.4 Å². The third-order valence-corrected chi connectivity index (χ3v) is 2.87. The number of benzene rings is 1. The van der Waals surface area contributed by atoms with E-state index < -0.39 is 30.4 Å². The first kappa shape index (κ1) is 15.2. The monoisotopic (exact) mass is 304 g/mol. The Morgan fingerprint density at radius 2 is 2.00 bits per heavy atom. The molecule has 0 aliphatic carbocycles. The first-order valence-electron chi connectivity index (χ1n) is 6.19. The lowest BCUT2D eigenvalue weighted by Gasteiger charge is -2.22. The summed E-state index contributed by atoms with van der Waals surface area (Å²) in [6.07, 6.45) is 1.25. The summed E-state index contributed by atoms with van der Waals surface area (Å²) in [4.78, 5) is 46.4. The molecule has 0 atom stereocenters. The van der Waals surface area contributed by atoms with Crippen molar-refractivity contribution in [1.29, 1.82) is 0 Å². The van der Waals surface area contributed by atoms with Gasteiger partial charge < -0.3 is 9.84 Å². The van der Waals surface area contributed by atoms with Crippen LogP contribution in [0.4, 0.5) is 4.79 Å². The molecule has 1 heterocycles. The predicted molar refractivity (Wildman–Crippen MR) is 73.9 cm³/mol. The zero-order valence-corrected chi connectivity index (χ0v) is 11.5. The van der Waals surface area contributed by atoms with Gasteiger partial charge in [-0.25, -0.2) is 9.59 Å². The molecule has 0 radical (unpaired) electrons. The van der Waals surface area contributed by atoms with Crippen molar-refractivity contribution in [1.82, 2.24) is 10.2 Å². The van der Waals surface area contributed by atoms with Crippen LogP contribution in [0, 0.1) is 0 Å². The van der Waals surface area contributed by atoms with Crippen LogP contribution < -0.4 is 10.1 Å². The van der Waals surface area contributed by atoms with Crippen LogP contribution in [0.2, 0.25) is 0 Å². The van der Waals surface area contributed by atoms with E-state index in [2.05, 4.69) is 0 Å². The Kier molecular flexibility index (Phi) is 4.21. The van der Waals surface area contributed by atoms with E-state index in [0.717, 1.165) is 4.90 Å². The molecule has 4 amide bonds. The number of carboxylic acid groups (broad SMARTS) is 1. The molecule has 8 nitrogen and oxygen atoms in total. The molecule has 0 bridgehead atoms. The first-order valence-corrected chi connectivity index (χ1v) is 6.19. The van der Waals surface area contributed by atoms with Gasteiger partial charge in [-0.1, -0.05) is 18.2 Å². The minimum absolute atomic E-state index is 0.206. The summed E-state index contributed by atoms with van der Waals surface area (Å²) in [5.41, 5.74) is 0.110. The van der Waals surface area contributed by atoms with Gasteiger partial charge in [-0.05, 0) is 12.1 Å². The van der Waals surface area contributed by atoms with Gasteiger partial charge >= 0.3 is 12.0 Å². The van der Waals surface area contributed by atoms with E-state index in [0.29, 0.717) is 5.56 Å². The number of ether oxygens (including phenoxy) is 1. The van der Waals surface area contributed by atoms with E-state index in [-0.39, 0.29) is 11.3 Å². The normalized spacial score (nSPS) is 16.7. The topological polar surface area (TPSA) is 113 Å². The third kappa shape index (κ3) is 3.11. The molecular formula is C14H12N2O6. The van der Waals surface area contributed by atoms with Crippen LogP contribution in [0.5, 0.6) is 5.75 Å². The van der Waals surface area contributed by atoms with Gasteiger partial charge in [-0.2, -0.15) is 0 Å². The Labute approximate surface area is 125 Å². The van der Waals surface area contributed by atoms with Gasteiger partial charge in [0.15, 0.2) is 6.61 Å². The Morgan fingerprint density at radius 3 is 2.68 bits per heavy atom. The van der Waals surface area contributed by atoms with E-state index in [1.54, 1.807) is 18.2 Å². The van der Waals surface area contributed by atoms with Crippen molar-refractivity contribution >= 4 is 29.9 Å². The number of nitrogens with one attached hydrogen (secondary N) is 1. The number of para-hydroxylation sites is 1. The van der Waals surface area contributed by atoms with E-state index in [1.165, 1.54) is 19.2 Å². The highest BCUT2D eigenvalue weighted by atomic mass is 16.5. The summed E-state index contributed by atoms with van der Waals surface area (Å²) in [7, 11) is 1.24. The number of nitrogens with zero attached hydrogens (tertiary/aromatic N) is 1. The highest BCUT2D eigenvalue weighted by molar-refractivity contribution is 6.30. The summed E-state index contributed by atoms with van der Waals surface area (Å²) >= 11 is 0. The SMILES string of the molecule is CN1C(=O)NC(=O)C(=Cc2ccccc2OCC(=O)O)C1=O. The van der Waals surface area contributed by atoms with E-state index in [9.17, 15) is 19.2 Å². The minimum atomic E-state index is -1.15. The number of carbonyl (C=O) groups is 4. The van der Waals surface area contributed by atoms with E-state index >= 15 is 0 Å². The second kappa shape index (κ2) is 6.08. The molecule has 1 fully saturated rings. The fourth-order valence-electron chi connectivity index (χ4n) is 1.77. The molecule has 0 spiro atoms. The van der Waals surface area contributed by atoms with Crippen LogP contribution in [0.3, 0.4) is 0 Å². The molecule has 1 aromatic carbocycles. The van der Waals surface area contributed by atoms with Crippen LogP contribution in [0.25, 0.3) is 6.08 Å². The maximum Gasteiger partial charge on any atom is 0.341 e. The minimum Gasteiger partial charge on any atom is -0.481 e. The van der Waals surface area contributed by atoms with Crippen LogP contribution in [0.15, 0.2) is 29.8 Å². The van der Waals surface area contributed by atoms with Crippen molar-refractivity contribution in [3.8, 4) is 5.75 Å². The second-order valence-corrected chi connectivity index (χ2v) is 4.40. The maximum absolute atomic E-state index is 12.0. The third-order valence-electron chi connectivity index (χ3n) is 2.87. The number of likely N-dealkylation sites (N-methyl/N-ethyl adjacent to an activating group) is 1. The number of hydrogen-bond acceptors (Lipinski definition) is 5. The molecule has 2 N–H and O–H groups in total. The van der Waals surface area contributed by atoms with Crippen molar-refractivity contribution in [2.24, 2.45) is 0 Å². The number of aliphatic carboxylic acids is 1. The Morgan fingerprint density at radius 1 is 1.32 bits per heavy atom. The van der Waals surface area contributed by atoms with Gasteiger partial charge in [0, 0.05) is 12.6 Å². The molecule has 0 unspecified atom stereocenters. The summed E-state index contributed by atoms with van der Waals surface area (Å²) in [5.74, 6) is -2.51. The number of barbiturate groups is 1. The molecule has 0 saturated carbocycles. The fraction of sp³-hybridized carbons (Fsp3) is 0.143. The molecule has 8 heteroatoms. The number of imide groups is 2. The number of carbonyl (C=O) groups excluding carboxylic acids is 3. The molecule has 22 heavy (non-hydrogen) atoms. The highest BCUT2D eigenvalue weighted by Gasteiger charge is 2.33. The second-order valence-electron chi connectivity index (χ2n) is 4.40. The van der Waals surface area contributed by atoms with Crippen molar-refractivity contribution in [2.75, 3.05) is 13.7 Å². The van der Waals surface area contributed by atoms with Crippen molar-refractivity contribution in [2.45, 2.75) is 0 Å². The summed E-state index contributed by atoms with van der Waals surface area (Å²) < 4.78 is 5.09. The summed E-state index contributed by atoms with van der Waals surface area (Å²) in [6.45, 7) is -0.557. The maximum atomic E-state index is 12.0. The molecule has 114 valence electrons. The average molecular weight is 304 g/mol. The standard InChI is InChI=1S/C14H12N2O6/c1-16-13(20)9(12(19)15-14(16)21)6-8-4-2-3-5-10(8)22-7-11(17)18/h2-6H,7H2,1H3,(H,17,18)(H,15,19,21). The Bertz CT molecular complexity index is 694. The average Bonchev–Trinajstić information content (AvgIpc) is 2.48. The zero-order chi connectivity index (χ0) is 16.3. The largest absolute Gasteiger partial charge is 0.481 e. The smallest absolute Gasteiger partial charge is 0.341 e. The Balaban J connectivity index is 2.36. The lowest BCUT2D eigenvalue weighted by Crippen LogP contribution is -2.52. The number of hydrogen-bond donors (Lipinski definition) is 2. The fourth-order valence-corrected chi connectivity index (χ4v) is 1.77. The predicted octanol–water partition coefficient (Wildman–Crippen LogP) is 0.242.